The molecule has 0 amide bonds. The molecule has 0 heterocycles. The summed E-state index contributed by atoms with van der Waals surface area (Å²) in [6, 6.07) is 17.9. The molecule has 0 unspecified atom stereocenters. The van der Waals surface area contributed by atoms with E-state index in [1.165, 1.54) is 43.5 Å². The summed E-state index contributed by atoms with van der Waals surface area (Å²) in [4.78, 5) is 24.8. The Hall–Kier alpha value is -3.36. The highest BCUT2D eigenvalue weighted by atomic mass is 35.5. The van der Waals surface area contributed by atoms with Gasteiger partial charge in [-0.25, -0.2) is 13.2 Å². The largest absolute Gasteiger partial charge is 0.497 e. The van der Waals surface area contributed by atoms with Gasteiger partial charge in [0, 0.05) is 10.6 Å². The van der Waals surface area contributed by atoms with Crippen molar-refractivity contribution in [2.45, 2.75) is 4.90 Å². The second-order valence-corrected chi connectivity index (χ2v) is 8.45. The maximum atomic E-state index is 12.6. The van der Waals surface area contributed by atoms with Crippen molar-refractivity contribution in [3.05, 3.63) is 88.9 Å². The minimum atomic E-state index is -3.96. The lowest BCUT2D eigenvalue weighted by Crippen LogP contribution is -2.18. The molecule has 0 aliphatic rings. The standard InChI is InChI=1S/C22H18ClNO6S/c1-29-17-10-6-15(7-11-17)21(25)14-30-22(26)19-4-2-3-5-20(19)24-31(27,28)18-12-8-16(23)9-13-18/h2-13,24H,14H2,1H3. The first-order valence-electron chi connectivity index (χ1n) is 9.02. The number of halogens is 1. The van der Waals surface area contributed by atoms with Crippen molar-refractivity contribution in [3.63, 3.8) is 0 Å². The summed E-state index contributed by atoms with van der Waals surface area (Å²) in [6.45, 7) is -0.497. The number of esters is 1. The third kappa shape index (κ3) is 5.62. The van der Waals surface area contributed by atoms with E-state index in [1.54, 1.807) is 36.4 Å². The van der Waals surface area contributed by atoms with Crippen molar-refractivity contribution < 1.29 is 27.5 Å². The van der Waals surface area contributed by atoms with E-state index in [-0.39, 0.29) is 16.1 Å². The monoisotopic (exact) mass is 459 g/mol. The first-order valence-corrected chi connectivity index (χ1v) is 10.9. The van der Waals surface area contributed by atoms with Gasteiger partial charge in [0.25, 0.3) is 10.0 Å². The van der Waals surface area contributed by atoms with Crippen molar-refractivity contribution in [1.29, 1.82) is 0 Å². The SMILES string of the molecule is COc1ccc(C(=O)COC(=O)c2ccccc2NS(=O)(=O)c2ccc(Cl)cc2)cc1. The molecule has 0 aliphatic heterocycles. The highest BCUT2D eigenvalue weighted by Crippen LogP contribution is 2.22. The molecule has 0 aromatic heterocycles. The van der Waals surface area contributed by atoms with Crippen LogP contribution in [0.2, 0.25) is 5.02 Å². The average Bonchev–Trinajstić information content (AvgIpc) is 2.77. The van der Waals surface area contributed by atoms with Crippen LogP contribution in [0.15, 0.2) is 77.7 Å². The lowest BCUT2D eigenvalue weighted by Gasteiger charge is -2.12. The van der Waals surface area contributed by atoms with E-state index >= 15 is 0 Å². The van der Waals surface area contributed by atoms with Crippen molar-refractivity contribution in [3.8, 4) is 5.75 Å². The Morgan fingerprint density at radius 3 is 2.23 bits per heavy atom. The van der Waals surface area contributed by atoms with E-state index in [2.05, 4.69) is 4.72 Å². The number of carbonyl (C=O) groups is 2. The third-order valence-electron chi connectivity index (χ3n) is 4.26. The fourth-order valence-electron chi connectivity index (χ4n) is 2.64. The Kier molecular flexibility index (Phi) is 6.94. The number of ketones is 1. The molecule has 0 saturated carbocycles. The second kappa shape index (κ2) is 9.63. The first kappa shape index (κ1) is 22.3. The smallest absolute Gasteiger partial charge is 0.340 e. The number of carbonyl (C=O) groups excluding carboxylic acids is 2. The number of anilines is 1. The lowest BCUT2D eigenvalue weighted by atomic mass is 10.1. The molecule has 0 spiro atoms. The van der Waals surface area contributed by atoms with Crippen LogP contribution in [0, 0.1) is 0 Å². The quantitative estimate of drug-likeness (QED) is 0.400. The van der Waals surface area contributed by atoms with Crippen molar-refractivity contribution in [2.75, 3.05) is 18.4 Å². The van der Waals surface area contributed by atoms with Crippen LogP contribution in [-0.4, -0.2) is 33.9 Å². The molecule has 3 aromatic rings. The van der Waals surface area contributed by atoms with Gasteiger partial charge < -0.3 is 9.47 Å². The second-order valence-electron chi connectivity index (χ2n) is 6.33. The van der Waals surface area contributed by atoms with E-state index in [1.807, 2.05) is 0 Å². The van der Waals surface area contributed by atoms with Gasteiger partial charge in [0.05, 0.1) is 23.3 Å². The molecule has 0 fully saturated rings. The molecule has 7 nitrogen and oxygen atoms in total. The van der Waals surface area contributed by atoms with Crippen LogP contribution in [0.5, 0.6) is 5.75 Å². The predicted octanol–water partition coefficient (Wildman–Crippen LogP) is 4.19. The van der Waals surface area contributed by atoms with Gasteiger partial charge >= 0.3 is 5.97 Å². The van der Waals surface area contributed by atoms with Crippen LogP contribution in [0.25, 0.3) is 0 Å². The van der Waals surface area contributed by atoms with Gasteiger partial charge in [0.1, 0.15) is 5.75 Å². The average molecular weight is 460 g/mol. The molecule has 3 rings (SSSR count). The fraction of sp³-hybridized carbons (Fsp3) is 0.0909. The van der Waals surface area contributed by atoms with Gasteiger partial charge in [-0.05, 0) is 60.7 Å². The van der Waals surface area contributed by atoms with Crippen LogP contribution in [0.4, 0.5) is 5.69 Å². The Balaban J connectivity index is 1.72. The summed E-state index contributed by atoms with van der Waals surface area (Å²) in [5, 5.41) is 0.393. The summed E-state index contributed by atoms with van der Waals surface area (Å²) < 4.78 is 37.7. The number of hydrogen-bond acceptors (Lipinski definition) is 6. The highest BCUT2D eigenvalue weighted by molar-refractivity contribution is 7.92. The molecule has 160 valence electrons. The Bertz CT molecular complexity index is 1190. The number of para-hydroxylation sites is 1. The maximum absolute atomic E-state index is 12.6. The van der Waals surface area contributed by atoms with E-state index in [0.717, 1.165) is 0 Å². The summed E-state index contributed by atoms with van der Waals surface area (Å²) in [5.74, 6) is -0.651. The zero-order valence-corrected chi connectivity index (χ0v) is 17.9. The number of benzene rings is 3. The van der Waals surface area contributed by atoms with Crippen molar-refractivity contribution in [1.82, 2.24) is 0 Å². The van der Waals surface area contributed by atoms with Crippen LogP contribution < -0.4 is 9.46 Å². The zero-order chi connectivity index (χ0) is 22.4. The molecule has 0 saturated heterocycles. The Labute approximate surface area is 184 Å². The number of sulfonamides is 1. The molecule has 3 aromatic carbocycles. The number of methoxy groups -OCH3 is 1. The minimum Gasteiger partial charge on any atom is -0.497 e. The number of nitrogens with one attached hydrogen (secondary N) is 1. The molecule has 1 N–H and O–H groups in total. The minimum absolute atomic E-state index is 0.0187. The fourth-order valence-corrected chi connectivity index (χ4v) is 3.84. The van der Waals surface area contributed by atoms with Crippen LogP contribution in [0.1, 0.15) is 20.7 Å². The maximum Gasteiger partial charge on any atom is 0.340 e. The summed E-state index contributed by atoms with van der Waals surface area (Å²) in [5.41, 5.74) is 0.354. The molecule has 0 atom stereocenters. The van der Waals surface area contributed by atoms with Crippen LogP contribution in [0.3, 0.4) is 0 Å². The van der Waals surface area contributed by atoms with Crippen molar-refractivity contribution in [2.24, 2.45) is 0 Å². The third-order valence-corrected chi connectivity index (χ3v) is 5.89. The number of hydrogen-bond donors (Lipinski definition) is 1. The van der Waals surface area contributed by atoms with Crippen molar-refractivity contribution >= 4 is 39.1 Å². The van der Waals surface area contributed by atoms with Crippen LogP contribution in [-0.2, 0) is 14.8 Å². The molecule has 31 heavy (non-hydrogen) atoms. The van der Waals surface area contributed by atoms with Gasteiger partial charge in [-0.1, -0.05) is 23.7 Å². The predicted molar refractivity (Wildman–Crippen MR) is 116 cm³/mol. The van der Waals surface area contributed by atoms with Gasteiger partial charge in [-0.2, -0.15) is 0 Å². The van der Waals surface area contributed by atoms with Gasteiger partial charge in [-0.15, -0.1) is 0 Å². The molecular formula is C22H18ClNO6S. The normalized spacial score (nSPS) is 10.9. The van der Waals surface area contributed by atoms with E-state index in [4.69, 9.17) is 21.1 Å². The summed E-state index contributed by atoms with van der Waals surface area (Å²) in [7, 11) is -2.45. The van der Waals surface area contributed by atoms with Gasteiger partial charge in [-0.3, -0.25) is 9.52 Å². The summed E-state index contributed by atoms with van der Waals surface area (Å²) >= 11 is 5.80. The molecular weight excluding hydrogens is 442 g/mol. The number of ether oxygens (including phenoxy) is 2. The van der Waals surface area contributed by atoms with Gasteiger partial charge in [0.15, 0.2) is 12.4 Å². The zero-order valence-electron chi connectivity index (χ0n) is 16.4. The van der Waals surface area contributed by atoms with Crippen LogP contribution >= 0.6 is 11.6 Å². The molecule has 0 bridgehead atoms. The topological polar surface area (TPSA) is 98.8 Å². The van der Waals surface area contributed by atoms with E-state index in [9.17, 15) is 18.0 Å². The number of Topliss-reactive ketones (excluding diaryl/α,β-unsaturated/α-hetero) is 1. The highest BCUT2D eigenvalue weighted by Gasteiger charge is 2.20. The van der Waals surface area contributed by atoms with Gasteiger partial charge in [0.2, 0.25) is 0 Å². The molecule has 9 heteroatoms. The lowest BCUT2D eigenvalue weighted by molar-refractivity contribution is 0.0476. The molecule has 0 radical (unpaired) electrons. The summed E-state index contributed by atoms with van der Waals surface area (Å²) in [6.07, 6.45) is 0. The number of rotatable bonds is 8. The van der Waals surface area contributed by atoms with E-state index in [0.29, 0.717) is 16.3 Å². The van der Waals surface area contributed by atoms with E-state index < -0.39 is 28.4 Å². The first-order chi connectivity index (χ1) is 14.8. The Morgan fingerprint density at radius 1 is 0.935 bits per heavy atom. The molecule has 0 aliphatic carbocycles. The Morgan fingerprint density at radius 2 is 1.58 bits per heavy atom.